The van der Waals surface area contributed by atoms with E-state index < -0.39 is 0 Å². The first kappa shape index (κ1) is 23.2. The van der Waals surface area contributed by atoms with Gasteiger partial charge < -0.3 is 15.5 Å². The van der Waals surface area contributed by atoms with Gasteiger partial charge in [-0.2, -0.15) is 0 Å². The number of nitrogens with one attached hydrogen (secondary N) is 2. The third-order valence-corrected chi connectivity index (χ3v) is 6.06. The third kappa shape index (κ3) is 6.10. The lowest BCUT2D eigenvalue weighted by Gasteiger charge is -2.32. The van der Waals surface area contributed by atoms with Crippen LogP contribution in [0.2, 0.25) is 0 Å². The van der Waals surface area contributed by atoms with E-state index in [0.29, 0.717) is 36.4 Å². The summed E-state index contributed by atoms with van der Waals surface area (Å²) in [5.41, 5.74) is 2.93. The number of hydrogen-bond acceptors (Lipinski definition) is 3. The van der Waals surface area contributed by atoms with Crippen LogP contribution in [0.25, 0.3) is 0 Å². The van der Waals surface area contributed by atoms with Gasteiger partial charge in [0.05, 0.1) is 5.92 Å². The fourth-order valence-corrected chi connectivity index (χ4v) is 4.17. The summed E-state index contributed by atoms with van der Waals surface area (Å²) in [7, 11) is 0. The fraction of sp³-hybridized carbons (Fsp3) is 0.250. The van der Waals surface area contributed by atoms with E-state index in [0.717, 1.165) is 19.3 Å². The van der Waals surface area contributed by atoms with E-state index in [2.05, 4.69) is 10.6 Å². The molecular formula is C28H29N3O3. The molecule has 4 rings (SSSR count). The summed E-state index contributed by atoms with van der Waals surface area (Å²) in [4.78, 5) is 39.8. The SMILES string of the molecule is O=C(Nc1ccc(C(=O)N2CCCC(C(=O)NCCc3ccccc3)C2)cc1)c1ccccc1. The molecule has 1 saturated heterocycles. The van der Waals surface area contributed by atoms with E-state index in [1.807, 2.05) is 48.5 Å². The minimum Gasteiger partial charge on any atom is -0.355 e. The van der Waals surface area contributed by atoms with Crippen molar-refractivity contribution >= 4 is 23.4 Å². The van der Waals surface area contributed by atoms with Crippen molar-refractivity contribution < 1.29 is 14.4 Å². The highest BCUT2D eigenvalue weighted by Gasteiger charge is 2.28. The van der Waals surface area contributed by atoms with Crippen molar-refractivity contribution in [2.24, 2.45) is 5.92 Å². The first-order valence-electron chi connectivity index (χ1n) is 11.7. The number of likely N-dealkylation sites (tertiary alicyclic amines) is 1. The van der Waals surface area contributed by atoms with Gasteiger partial charge in [-0.15, -0.1) is 0 Å². The van der Waals surface area contributed by atoms with E-state index in [-0.39, 0.29) is 23.6 Å². The molecular weight excluding hydrogens is 426 g/mol. The molecule has 0 aliphatic carbocycles. The van der Waals surface area contributed by atoms with Gasteiger partial charge in [0, 0.05) is 36.4 Å². The van der Waals surface area contributed by atoms with Crippen molar-refractivity contribution in [3.8, 4) is 0 Å². The summed E-state index contributed by atoms with van der Waals surface area (Å²) < 4.78 is 0. The first-order valence-corrected chi connectivity index (χ1v) is 11.7. The zero-order valence-corrected chi connectivity index (χ0v) is 19.1. The maximum absolute atomic E-state index is 13.0. The Morgan fingerprint density at radius 1 is 0.824 bits per heavy atom. The minimum absolute atomic E-state index is 0.00686. The van der Waals surface area contributed by atoms with Crippen molar-refractivity contribution in [3.05, 3.63) is 102 Å². The molecule has 0 radical (unpaired) electrons. The highest BCUT2D eigenvalue weighted by molar-refractivity contribution is 6.04. The molecule has 2 N–H and O–H groups in total. The van der Waals surface area contributed by atoms with E-state index >= 15 is 0 Å². The molecule has 1 aliphatic rings. The van der Waals surface area contributed by atoms with Gasteiger partial charge in [0.15, 0.2) is 0 Å². The van der Waals surface area contributed by atoms with Gasteiger partial charge in [-0.25, -0.2) is 0 Å². The molecule has 3 aromatic rings. The topological polar surface area (TPSA) is 78.5 Å². The lowest BCUT2D eigenvalue weighted by Crippen LogP contribution is -2.45. The number of carbonyl (C=O) groups is 3. The average Bonchev–Trinajstić information content (AvgIpc) is 2.90. The predicted molar refractivity (Wildman–Crippen MR) is 133 cm³/mol. The maximum atomic E-state index is 13.0. The average molecular weight is 456 g/mol. The van der Waals surface area contributed by atoms with Gasteiger partial charge in [-0.05, 0) is 61.2 Å². The molecule has 1 heterocycles. The van der Waals surface area contributed by atoms with Crippen molar-refractivity contribution in [1.82, 2.24) is 10.2 Å². The molecule has 1 atom stereocenters. The standard InChI is InChI=1S/C28H29N3O3/c32-26(29-18-17-21-8-3-1-4-9-21)24-12-7-19-31(20-24)28(34)23-13-15-25(16-14-23)30-27(33)22-10-5-2-6-11-22/h1-6,8-11,13-16,24H,7,12,17-20H2,(H,29,32)(H,30,33). The Labute approximate surface area is 200 Å². The number of anilines is 1. The number of rotatable bonds is 7. The first-order chi connectivity index (χ1) is 16.6. The summed E-state index contributed by atoms with van der Waals surface area (Å²) >= 11 is 0. The fourth-order valence-electron chi connectivity index (χ4n) is 4.17. The highest BCUT2D eigenvalue weighted by Crippen LogP contribution is 2.20. The monoisotopic (exact) mass is 455 g/mol. The van der Waals surface area contributed by atoms with Crippen LogP contribution in [0.5, 0.6) is 0 Å². The van der Waals surface area contributed by atoms with Crippen molar-refractivity contribution in [2.45, 2.75) is 19.3 Å². The Hall–Kier alpha value is -3.93. The van der Waals surface area contributed by atoms with Crippen LogP contribution in [0.4, 0.5) is 5.69 Å². The van der Waals surface area contributed by atoms with Crippen LogP contribution in [0.15, 0.2) is 84.9 Å². The Kier molecular flexibility index (Phi) is 7.71. The molecule has 34 heavy (non-hydrogen) atoms. The van der Waals surface area contributed by atoms with E-state index in [9.17, 15) is 14.4 Å². The molecule has 3 amide bonds. The Bertz CT molecular complexity index is 1110. The number of carbonyl (C=O) groups excluding carboxylic acids is 3. The van der Waals surface area contributed by atoms with Crippen LogP contribution >= 0.6 is 0 Å². The van der Waals surface area contributed by atoms with Crippen LogP contribution < -0.4 is 10.6 Å². The second-order valence-corrected chi connectivity index (χ2v) is 8.51. The summed E-state index contributed by atoms with van der Waals surface area (Å²) in [5.74, 6) is -0.482. The quantitative estimate of drug-likeness (QED) is 0.562. The number of piperidine rings is 1. The largest absolute Gasteiger partial charge is 0.355 e. The predicted octanol–water partition coefficient (Wildman–Crippen LogP) is 4.15. The second-order valence-electron chi connectivity index (χ2n) is 8.51. The number of nitrogens with zero attached hydrogens (tertiary/aromatic N) is 1. The molecule has 3 aromatic carbocycles. The van der Waals surface area contributed by atoms with Crippen molar-refractivity contribution in [3.63, 3.8) is 0 Å². The number of amides is 3. The van der Waals surface area contributed by atoms with Gasteiger partial charge in [-0.3, -0.25) is 14.4 Å². The summed E-state index contributed by atoms with van der Waals surface area (Å²) in [6.07, 6.45) is 2.37. The molecule has 1 aliphatic heterocycles. The highest BCUT2D eigenvalue weighted by atomic mass is 16.2. The number of hydrogen-bond donors (Lipinski definition) is 2. The molecule has 0 spiro atoms. The van der Waals surface area contributed by atoms with E-state index in [4.69, 9.17) is 0 Å². The molecule has 6 nitrogen and oxygen atoms in total. The van der Waals surface area contributed by atoms with Crippen molar-refractivity contribution in [1.29, 1.82) is 0 Å². The maximum Gasteiger partial charge on any atom is 0.255 e. The van der Waals surface area contributed by atoms with Gasteiger partial charge >= 0.3 is 0 Å². The van der Waals surface area contributed by atoms with Gasteiger partial charge in [0.2, 0.25) is 5.91 Å². The molecule has 1 unspecified atom stereocenters. The second kappa shape index (κ2) is 11.3. The van der Waals surface area contributed by atoms with Gasteiger partial charge in [0.25, 0.3) is 11.8 Å². The lowest BCUT2D eigenvalue weighted by molar-refractivity contribution is -0.126. The van der Waals surface area contributed by atoms with Crippen LogP contribution in [0.3, 0.4) is 0 Å². The summed E-state index contributed by atoms with van der Waals surface area (Å²) in [6.45, 7) is 1.64. The molecule has 0 saturated carbocycles. The molecule has 1 fully saturated rings. The normalized spacial score (nSPS) is 15.4. The van der Waals surface area contributed by atoms with Crippen molar-refractivity contribution in [2.75, 3.05) is 25.0 Å². The summed E-state index contributed by atoms with van der Waals surface area (Å²) in [5, 5.41) is 5.86. The zero-order valence-electron chi connectivity index (χ0n) is 19.1. The molecule has 0 aromatic heterocycles. The zero-order chi connectivity index (χ0) is 23.8. The van der Waals surface area contributed by atoms with Gasteiger partial charge in [-0.1, -0.05) is 48.5 Å². The van der Waals surface area contributed by atoms with Crippen LogP contribution in [-0.2, 0) is 11.2 Å². The van der Waals surface area contributed by atoms with E-state index in [1.54, 1.807) is 41.3 Å². The number of benzene rings is 3. The third-order valence-electron chi connectivity index (χ3n) is 6.06. The molecule has 174 valence electrons. The van der Waals surface area contributed by atoms with Crippen LogP contribution in [0.1, 0.15) is 39.1 Å². The molecule has 6 heteroatoms. The minimum atomic E-state index is -0.197. The van der Waals surface area contributed by atoms with E-state index in [1.165, 1.54) is 5.56 Å². The Morgan fingerprint density at radius 2 is 1.50 bits per heavy atom. The lowest BCUT2D eigenvalue weighted by atomic mass is 9.96. The Balaban J connectivity index is 1.29. The van der Waals surface area contributed by atoms with Crippen LogP contribution in [0, 0.1) is 5.92 Å². The summed E-state index contributed by atoms with van der Waals surface area (Å²) in [6, 6.07) is 25.9. The Morgan fingerprint density at radius 3 is 2.21 bits per heavy atom. The van der Waals surface area contributed by atoms with Crippen LogP contribution in [-0.4, -0.2) is 42.3 Å². The van der Waals surface area contributed by atoms with Gasteiger partial charge in [0.1, 0.15) is 0 Å². The smallest absolute Gasteiger partial charge is 0.255 e. The molecule has 0 bridgehead atoms.